The monoisotopic (exact) mass is 479 g/mol. The van der Waals surface area contributed by atoms with Crippen molar-refractivity contribution in [3.8, 4) is 11.5 Å². The van der Waals surface area contributed by atoms with Crippen LogP contribution in [-0.2, 0) is 0 Å². The minimum absolute atomic E-state index is 0.347. The first-order valence-corrected chi connectivity index (χ1v) is 12.0. The minimum atomic E-state index is 0.347. The first-order chi connectivity index (χ1) is 16.5. The SMILES string of the molecule is COc1ccc(NC(=S)N[C@H]2CC[C@@H](Nc3cc(N(C)C)c4ccccc4n3)CC2)cc1OC. The second-order valence-electron chi connectivity index (χ2n) is 8.80. The van der Waals surface area contributed by atoms with Crippen molar-refractivity contribution < 1.29 is 9.47 Å². The second-order valence-corrected chi connectivity index (χ2v) is 9.21. The largest absolute Gasteiger partial charge is 0.493 e. The molecule has 1 fully saturated rings. The van der Waals surface area contributed by atoms with Gasteiger partial charge in [-0.25, -0.2) is 4.98 Å². The third-order valence-electron chi connectivity index (χ3n) is 6.23. The van der Waals surface area contributed by atoms with E-state index in [4.69, 9.17) is 26.7 Å². The summed E-state index contributed by atoms with van der Waals surface area (Å²) in [7, 11) is 7.39. The van der Waals surface area contributed by atoms with Gasteiger partial charge < -0.3 is 30.3 Å². The zero-order chi connectivity index (χ0) is 24.1. The molecule has 0 spiro atoms. The van der Waals surface area contributed by atoms with Crippen molar-refractivity contribution in [1.29, 1.82) is 0 Å². The summed E-state index contributed by atoms with van der Waals surface area (Å²) >= 11 is 5.55. The Morgan fingerprint density at radius 2 is 1.65 bits per heavy atom. The number of thiocarbonyl (C=S) groups is 1. The molecule has 1 saturated carbocycles. The quantitative estimate of drug-likeness (QED) is 0.408. The lowest BCUT2D eigenvalue weighted by molar-refractivity contribution is 0.355. The van der Waals surface area contributed by atoms with Crippen LogP contribution < -0.4 is 30.3 Å². The molecule has 3 aromatic rings. The van der Waals surface area contributed by atoms with Gasteiger partial charge in [0, 0.05) is 55.1 Å². The molecule has 0 aliphatic heterocycles. The van der Waals surface area contributed by atoms with Crippen LogP contribution in [0.25, 0.3) is 10.9 Å². The van der Waals surface area contributed by atoms with Gasteiger partial charge in [-0.15, -0.1) is 0 Å². The highest BCUT2D eigenvalue weighted by Gasteiger charge is 2.22. The van der Waals surface area contributed by atoms with E-state index < -0.39 is 0 Å². The Kier molecular flexibility index (Phi) is 7.57. The van der Waals surface area contributed by atoms with E-state index in [-0.39, 0.29) is 0 Å². The first kappa shape index (κ1) is 23.9. The Bertz CT molecular complexity index is 1150. The van der Waals surface area contributed by atoms with Crippen LogP contribution >= 0.6 is 12.2 Å². The van der Waals surface area contributed by atoms with Crippen molar-refractivity contribution in [3.05, 3.63) is 48.5 Å². The average Bonchev–Trinajstić information content (AvgIpc) is 2.84. The van der Waals surface area contributed by atoms with Gasteiger partial charge in [0.2, 0.25) is 0 Å². The number of benzene rings is 2. The number of para-hydroxylation sites is 1. The standard InChI is InChI=1S/C26H33N5O2S/c1-31(2)22-16-25(30-21-8-6-5-7-20(21)22)27-17-9-11-18(12-10-17)28-26(34)29-19-13-14-23(32-3)24(15-19)33-4/h5-8,13-18H,9-12H2,1-4H3,(H,27,30)(H2,28,29,34)/t17-,18+. The van der Waals surface area contributed by atoms with Crippen molar-refractivity contribution in [3.63, 3.8) is 0 Å². The summed E-state index contributed by atoms with van der Waals surface area (Å²) in [5.41, 5.74) is 3.05. The molecule has 4 rings (SSSR count). The van der Waals surface area contributed by atoms with Crippen molar-refractivity contribution in [2.75, 3.05) is 43.8 Å². The van der Waals surface area contributed by atoms with Gasteiger partial charge in [-0.05, 0) is 56.1 Å². The van der Waals surface area contributed by atoms with Crippen LogP contribution in [0.4, 0.5) is 17.2 Å². The zero-order valence-electron chi connectivity index (χ0n) is 20.2. The zero-order valence-corrected chi connectivity index (χ0v) is 21.0. The highest BCUT2D eigenvalue weighted by molar-refractivity contribution is 7.80. The van der Waals surface area contributed by atoms with E-state index in [1.807, 2.05) is 24.3 Å². The molecule has 2 aromatic carbocycles. The number of methoxy groups -OCH3 is 2. The Hall–Kier alpha value is -3.26. The van der Waals surface area contributed by atoms with Crippen molar-refractivity contribution >= 4 is 45.4 Å². The highest BCUT2D eigenvalue weighted by Crippen LogP contribution is 2.31. The fourth-order valence-electron chi connectivity index (χ4n) is 4.46. The minimum Gasteiger partial charge on any atom is -0.493 e. The molecule has 0 bridgehead atoms. The smallest absolute Gasteiger partial charge is 0.170 e. The number of pyridine rings is 1. The molecule has 0 atom stereocenters. The predicted octanol–water partition coefficient (Wildman–Crippen LogP) is 5.03. The fraction of sp³-hybridized carbons (Fsp3) is 0.385. The Balaban J connectivity index is 1.31. The Morgan fingerprint density at radius 1 is 0.941 bits per heavy atom. The van der Waals surface area contributed by atoms with E-state index in [9.17, 15) is 0 Å². The van der Waals surface area contributed by atoms with Crippen LogP contribution in [0, 0.1) is 0 Å². The lowest BCUT2D eigenvalue weighted by atomic mass is 9.91. The van der Waals surface area contributed by atoms with Crippen LogP contribution in [0.15, 0.2) is 48.5 Å². The maximum Gasteiger partial charge on any atom is 0.170 e. The van der Waals surface area contributed by atoms with Crippen molar-refractivity contribution in [1.82, 2.24) is 10.3 Å². The molecule has 7 nitrogen and oxygen atoms in total. The van der Waals surface area contributed by atoms with Gasteiger partial charge in [0.05, 0.1) is 19.7 Å². The number of nitrogens with zero attached hydrogens (tertiary/aromatic N) is 2. The molecule has 34 heavy (non-hydrogen) atoms. The van der Waals surface area contributed by atoms with Crippen LogP contribution in [0.3, 0.4) is 0 Å². The highest BCUT2D eigenvalue weighted by atomic mass is 32.1. The normalized spacial score (nSPS) is 17.6. The molecule has 0 unspecified atom stereocenters. The Morgan fingerprint density at radius 3 is 2.35 bits per heavy atom. The molecule has 3 N–H and O–H groups in total. The third-order valence-corrected chi connectivity index (χ3v) is 6.45. The number of rotatable bonds is 7. The fourth-order valence-corrected chi connectivity index (χ4v) is 4.74. The van der Waals surface area contributed by atoms with E-state index in [1.54, 1.807) is 14.2 Å². The molecule has 0 saturated heterocycles. The van der Waals surface area contributed by atoms with E-state index in [0.717, 1.165) is 42.7 Å². The molecular formula is C26H33N5O2S. The molecule has 1 aliphatic carbocycles. The summed E-state index contributed by atoms with van der Waals surface area (Å²) in [4.78, 5) is 6.99. The van der Waals surface area contributed by atoms with E-state index in [0.29, 0.717) is 28.7 Å². The first-order valence-electron chi connectivity index (χ1n) is 11.6. The number of anilines is 3. The molecular weight excluding hydrogens is 446 g/mol. The average molecular weight is 480 g/mol. The topological polar surface area (TPSA) is 70.7 Å². The number of hydrogen-bond donors (Lipinski definition) is 3. The van der Waals surface area contributed by atoms with Crippen LogP contribution in [0.2, 0.25) is 0 Å². The van der Waals surface area contributed by atoms with Crippen LogP contribution in [-0.4, -0.2) is 50.5 Å². The van der Waals surface area contributed by atoms with E-state index in [1.165, 1.54) is 11.1 Å². The van der Waals surface area contributed by atoms with Crippen molar-refractivity contribution in [2.45, 2.75) is 37.8 Å². The molecule has 1 heterocycles. The van der Waals surface area contributed by atoms with Crippen molar-refractivity contribution in [2.24, 2.45) is 0 Å². The predicted molar refractivity (Wildman–Crippen MR) is 145 cm³/mol. The number of fused-ring (bicyclic) bond motifs is 1. The lowest BCUT2D eigenvalue weighted by Crippen LogP contribution is -2.42. The Labute approximate surface area is 206 Å². The summed E-state index contributed by atoms with van der Waals surface area (Å²) in [5.74, 6) is 2.29. The number of ether oxygens (including phenoxy) is 2. The summed E-state index contributed by atoms with van der Waals surface area (Å²) in [6.45, 7) is 0. The number of hydrogen-bond acceptors (Lipinski definition) is 6. The van der Waals surface area contributed by atoms with Crippen LogP contribution in [0.5, 0.6) is 11.5 Å². The van der Waals surface area contributed by atoms with Gasteiger partial charge in [-0.2, -0.15) is 0 Å². The third kappa shape index (κ3) is 5.62. The van der Waals surface area contributed by atoms with Gasteiger partial charge in [0.1, 0.15) is 5.82 Å². The van der Waals surface area contributed by atoms with Gasteiger partial charge in [0.15, 0.2) is 16.6 Å². The summed E-state index contributed by atoms with van der Waals surface area (Å²) < 4.78 is 10.7. The van der Waals surface area contributed by atoms with E-state index >= 15 is 0 Å². The molecule has 1 aliphatic rings. The maximum atomic E-state index is 5.55. The maximum absolute atomic E-state index is 5.55. The van der Waals surface area contributed by atoms with Gasteiger partial charge in [-0.3, -0.25) is 0 Å². The van der Waals surface area contributed by atoms with Gasteiger partial charge >= 0.3 is 0 Å². The number of aromatic nitrogens is 1. The van der Waals surface area contributed by atoms with Gasteiger partial charge in [-0.1, -0.05) is 18.2 Å². The molecule has 0 amide bonds. The number of nitrogens with one attached hydrogen (secondary N) is 3. The molecule has 180 valence electrons. The summed E-state index contributed by atoms with van der Waals surface area (Å²) in [5, 5.41) is 12.2. The summed E-state index contributed by atoms with van der Waals surface area (Å²) in [6, 6.07) is 16.8. The molecule has 1 aromatic heterocycles. The second kappa shape index (κ2) is 10.8. The lowest BCUT2D eigenvalue weighted by Gasteiger charge is -2.31. The van der Waals surface area contributed by atoms with Crippen LogP contribution in [0.1, 0.15) is 25.7 Å². The molecule has 0 radical (unpaired) electrons. The molecule has 8 heteroatoms. The summed E-state index contributed by atoms with van der Waals surface area (Å²) in [6.07, 6.45) is 4.20. The van der Waals surface area contributed by atoms with Gasteiger partial charge in [0.25, 0.3) is 0 Å². The van der Waals surface area contributed by atoms with E-state index in [2.05, 4.69) is 59.2 Å².